The molecule has 4 aromatic rings. The van der Waals surface area contributed by atoms with Crippen LogP contribution in [-0.2, 0) is 6.61 Å². The molecule has 0 aliphatic carbocycles. The zero-order valence-electron chi connectivity index (χ0n) is 19.8. The van der Waals surface area contributed by atoms with E-state index >= 15 is 0 Å². The summed E-state index contributed by atoms with van der Waals surface area (Å²) in [6, 6.07) is 22.3. The minimum atomic E-state index is 0.0487. The van der Waals surface area contributed by atoms with E-state index < -0.39 is 0 Å². The SMILES string of the molecule is COc1cc(-c2ccc(O)cc2)c(OC)c(C)c1-c1ccc(OCc2ccc(C)cc2)c(O)c1. The highest BCUT2D eigenvalue weighted by Crippen LogP contribution is 2.46. The van der Waals surface area contributed by atoms with Crippen LogP contribution < -0.4 is 14.2 Å². The summed E-state index contributed by atoms with van der Waals surface area (Å²) >= 11 is 0. The van der Waals surface area contributed by atoms with Crippen LogP contribution in [0.3, 0.4) is 0 Å². The Morgan fingerprint density at radius 3 is 2.00 bits per heavy atom. The summed E-state index contributed by atoms with van der Waals surface area (Å²) < 4.78 is 17.3. The second-order valence-electron chi connectivity index (χ2n) is 8.16. The van der Waals surface area contributed by atoms with E-state index in [4.69, 9.17) is 14.2 Å². The topological polar surface area (TPSA) is 68.2 Å². The monoisotopic (exact) mass is 456 g/mol. The third kappa shape index (κ3) is 4.64. The number of phenolic OH excluding ortho intramolecular Hbond substituents is 2. The minimum Gasteiger partial charge on any atom is -0.508 e. The van der Waals surface area contributed by atoms with E-state index in [9.17, 15) is 10.2 Å². The van der Waals surface area contributed by atoms with Gasteiger partial charge in [0.25, 0.3) is 0 Å². The average Bonchev–Trinajstić information content (AvgIpc) is 2.84. The summed E-state index contributed by atoms with van der Waals surface area (Å²) in [4.78, 5) is 0. The van der Waals surface area contributed by atoms with E-state index in [0.29, 0.717) is 23.9 Å². The van der Waals surface area contributed by atoms with Gasteiger partial charge in [-0.05, 0) is 60.9 Å². The van der Waals surface area contributed by atoms with E-state index in [1.165, 1.54) is 5.56 Å². The molecule has 0 aliphatic rings. The van der Waals surface area contributed by atoms with Gasteiger partial charge in [-0.15, -0.1) is 0 Å². The first-order valence-electron chi connectivity index (χ1n) is 11.0. The molecule has 0 amide bonds. The third-order valence-electron chi connectivity index (χ3n) is 5.85. The maximum absolute atomic E-state index is 10.7. The van der Waals surface area contributed by atoms with Crippen molar-refractivity contribution in [3.05, 3.63) is 89.5 Å². The van der Waals surface area contributed by atoms with Crippen LogP contribution in [0.15, 0.2) is 72.8 Å². The Morgan fingerprint density at radius 2 is 1.38 bits per heavy atom. The third-order valence-corrected chi connectivity index (χ3v) is 5.85. The highest BCUT2D eigenvalue weighted by molar-refractivity contribution is 5.85. The van der Waals surface area contributed by atoms with Crippen LogP contribution in [0.4, 0.5) is 0 Å². The van der Waals surface area contributed by atoms with Gasteiger partial charge >= 0.3 is 0 Å². The number of aromatic hydroxyl groups is 2. The Labute approximate surface area is 199 Å². The van der Waals surface area contributed by atoms with Crippen LogP contribution in [0.25, 0.3) is 22.3 Å². The van der Waals surface area contributed by atoms with Crippen LogP contribution in [0.1, 0.15) is 16.7 Å². The Morgan fingerprint density at radius 1 is 0.706 bits per heavy atom. The van der Waals surface area contributed by atoms with Crippen LogP contribution in [0, 0.1) is 13.8 Å². The van der Waals surface area contributed by atoms with Crippen LogP contribution >= 0.6 is 0 Å². The maximum atomic E-state index is 10.7. The van der Waals surface area contributed by atoms with E-state index in [1.807, 2.05) is 62.4 Å². The van der Waals surface area contributed by atoms with Gasteiger partial charge < -0.3 is 24.4 Å². The molecule has 0 saturated heterocycles. The van der Waals surface area contributed by atoms with Gasteiger partial charge in [-0.2, -0.15) is 0 Å². The molecule has 5 heteroatoms. The molecule has 5 nitrogen and oxygen atoms in total. The molecule has 0 aliphatic heterocycles. The highest BCUT2D eigenvalue weighted by atomic mass is 16.5. The smallest absolute Gasteiger partial charge is 0.161 e. The zero-order chi connectivity index (χ0) is 24.2. The van der Waals surface area contributed by atoms with Gasteiger partial charge in [0, 0.05) is 16.7 Å². The van der Waals surface area contributed by atoms with E-state index in [0.717, 1.165) is 33.4 Å². The van der Waals surface area contributed by atoms with Gasteiger partial charge in [-0.3, -0.25) is 0 Å². The fourth-order valence-corrected chi connectivity index (χ4v) is 4.05. The zero-order valence-corrected chi connectivity index (χ0v) is 19.8. The van der Waals surface area contributed by atoms with Gasteiger partial charge in [-0.1, -0.05) is 48.0 Å². The van der Waals surface area contributed by atoms with Crippen molar-refractivity contribution in [2.75, 3.05) is 14.2 Å². The minimum absolute atomic E-state index is 0.0487. The molecular formula is C29H28O5. The van der Waals surface area contributed by atoms with Gasteiger partial charge in [0.05, 0.1) is 14.2 Å². The van der Waals surface area contributed by atoms with Crippen molar-refractivity contribution in [1.29, 1.82) is 0 Å². The molecule has 0 unspecified atom stereocenters. The Hall–Kier alpha value is -4.12. The molecular weight excluding hydrogens is 428 g/mol. The first kappa shape index (κ1) is 23.1. The molecule has 0 aromatic heterocycles. The van der Waals surface area contributed by atoms with Crippen LogP contribution in [-0.4, -0.2) is 24.4 Å². The largest absolute Gasteiger partial charge is 0.508 e. The molecule has 4 aromatic carbocycles. The van der Waals surface area contributed by atoms with Gasteiger partial charge in [-0.25, -0.2) is 0 Å². The fourth-order valence-electron chi connectivity index (χ4n) is 4.05. The van der Waals surface area contributed by atoms with Crippen molar-refractivity contribution in [1.82, 2.24) is 0 Å². The van der Waals surface area contributed by atoms with Crippen molar-refractivity contribution >= 4 is 0 Å². The first-order valence-corrected chi connectivity index (χ1v) is 11.0. The lowest BCUT2D eigenvalue weighted by molar-refractivity contribution is 0.289. The molecule has 34 heavy (non-hydrogen) atoms. The number of ether oxygens (including phenoxy) is 3. The van der Waals surface area contributed by atoms with E-state index in [1.54, 1.807) is 38.5 Å². The predicted molar refractivity (Wildman–Crippen MR) is 134 cm³/mol. The summed E-state index contributed by atoms with van der Waals surface area (Å²) in [5, 5.41) is 20.3. The number of rotatable bonds is 7. The first-order chi connectivity index (χ1) is 16.4. The molecule has 0 spiro atoms. The summed E-state index contributed by atoms with van der Waals surface area (Å²) in [6.45, 7) is 4.36. The Bertz CT molecular complexity index is 1290. The summed E-state index contributed by atoms with van der Waals surface area (Å²) in [6.07, 6.45) is 0. The molecule has 0 heterocycles. The van der Waals surface area contributed by atoms with Crippen LogP contribution in [0.2, 0.25) is 0 Å². The summed E-state index contributed by atoms with van der Waals surface area (Å²) in [7, 11) is 3.24. The molecule has 0 radical (unpaired) electrons. The Balaban J connectivity index is 1.69. The Kier molecular flexibility index (Phi) is 6.64. The van der Waals surface area contributed by atoms with Gasteiger partial charge in [0.15, 0.2) is 11.5 Å². The lowest BCUT2D eigenvalue weighted by Gasteiger charge is -2.20. The molecule has 0 atom stereocenters. The second kappa shape index (κ2) is 9.79. The molecule has 0 bridgehead atoms. The quantitative estimate of drug-likeness (QED) is 0.326. The van der Waals surface area contributed by atoms with Gasteiger partial charge in [0.2, 0.25) is 0 Å². The molecule has 4 rings (SSSR count). The van der Waals surface area contributed by atoms with E-state index in [2.05, 4.69) is 0 Å². The number of hydrogen-bond donors (Lipinski definition) is 2. The average molecular weight is 457 g/mol. The lowest BCUT2D eigenvalue weighted by Crippen LogP contribution is -1.99. The van der Waals surface area contributed by atoms with Crippen molar-refractivity contribution in [3.63, 3.8) is 0 Å². The molecule has 0 fully saturated rings. The normalized spacial score (nSPS) is 10.7. The number of hydrogen-bond acceptors (Lipinski definition) is 5. The number of aryl methyl sites for hydroxylation is 1. The highest BCUT2D eigenvalue weighted by Gasteiger charge is 2.20. The van der Waals surface area contributed by atoms with Gasteiger partial charge in [0.1, 0.15) is 23.9 Å². The number of phenols is 2. The standard InChI is InChI=1S/C29H28O5/c1-18-5-7-20(8-6-18)17-34-26-14-11-22(15-25(26)31)28-19(2)29(33-4)24(16-27(28)32-3)21-9-12-23(30)13-10-21/h5-16,30-31H,17H2,1-4H3. The van der Waals surface area contributed by atoms with Crippen molar-refractivity contribution < 1.29 is 24.4 Å². The summed E-state index contributed by atoms with van der Waals surface area (Å²) in [5.41, 5.74) is 6.44. The number of benzene rings is 4. The molecule has 0 saturated carbocycles. The predicted octanol–water partition coefficient (Wildman–Crippen LogP) is 6.64. The summed E-state index contributed by atoms with van der Waals surface area (Å²) in [5.74, 6) is 2.00. The fraction of sp³-hybridized carbons (Fsp3) is 0.172. The second-order valence-corrected chi connectivity index (χ2v) is 8.16. The number of methoxy groups -OCH3 is 2. The molecule has 2 N–H and O–H groups in total. The molecule has 174 valence electrons. The van der Waals surface area contributed by atoms with E-state index in [-0.39, 0.29) is 11.5 Å². The lowest BCUT2D eigenvalue weighted by atomic mass is 9.93. The van der Waals surface area contributed by atoms with Crippen molar-refractivity contribution in [2.45, 2.75) is 20.5 Å². The maximum Gasteiger partial charge on any atom is 0.161 e. The van der Waals surface area contributed by atoms with Crippen molar-refractivity contribution in [3.8, 4) is 51.0 Å². The van der Waals surface area contributed by atoms with Crippen molar-refractivity contribution in [2.24, 2.45) is 0 Å². The van der Waals surface area contributed by atoms with Crippen LogP contribution in [0.5, 0.6) is 28.7 Å².